The lowest BCUT2D eigenvalue weighted by atomic mass is 9.71. The molecule has 6 heteroatoms. The normalized spacial score (nSPS) is 21.9. The number of carbonyl (C=O) groups excluding carboxylic acids is 1. The number of fused-ring (bicyclic) bond motifs is 1. The molecule has 5 nitrogen and oxygen atoms in total. The molecule has 1 fully saturated rings. The van der Waals surface area contributed by atoms with E-state index in [9.17, 15) is 4.79 Å². The maximum Gasteiger partial charge on any atom is 0.419 e. The third kappa shape index (κ3) is 4.18. The summed E-state index contributed by atoms with van der Waals surface area (Å²) in [5.41, 5.74) is 0.774. The van der Waals surface area contributed by atoms with Gasteiger partial charge >= 0.3 is 6.09 Å². The monoisotopic (exact) mass is 479 g/mol. The molecule has 1 saturated heterocycles. The molecule has 2 heterocycles. The number of hydrogen-bond donors (Lipinski definition) is 0. The third-order valence-electron chi connectivity index (χ3n) is 7.06. The Bertz CT molecular complexity index is 1030. The van der Waals surface area contributed by atoms with Gasteiger partial charge in [0.1, 0.15) is 11.2 Å². The van der Waals surface area contributed by atoms with E-state index < -0.39 is 31.8 Å². The largest absolute Gasteiger partial charge is 0.532 e. The zero-order chi connectivity index (χ0) is 24.9. The summed E-state index contributed by atoms with van der Waals surface area (Å²) in [5.74, 6) is 0.439. The second-order valence-electron chi connectivity index (χ2n) is 11.7. The summed E-state index contributed by atoms with van der Waals surface area (Å²) in [6.45, 7) is 16.6. The minimum atomic E-state index is -2.23. The average molecular weight is 480 g/mol. The van der Waals surface area contributed by atoms with Crippen molar-refractivity contribution < 1.29 is 18.7 Å². The van der Waals surface area contributed by atoms with E-state index in [-0.39, 0.29) is 11.0 Å². The van der Waals surface area contributed by atoms with Crippen LogP contribution in [0.2, 0.25) is 18.1 Å². The zero-order valence-corrected chi connectivity index (χ0v) is 22.6. The highest BCUT2D eigenvalue weighted by molar-refractivity contribution is 6.74. The summed E-state index contributed by atoms with van der Waals surface area (Å²) >= 11 is 0. The van der Waals surface area contributed by atoms with Crippen LogP contribution in [0, 0.1) is 5.92 Å². The van der Waals surface area contributed by atoms with Crippen LogP contribution >= 0.6 is 0 Å². The standard InChI is InChI=1S/C28H37NO4Si/c1-26(2,3)32-25(30)29-23(33-34(7,8)27(4,5)6)19-22-24(29)31-28(22,20-15-11-9-12-16-20)21-17-13-10-14-18-21/h9-19,22,24H,1-8H3. The summed E-state index contributed by atoms with van der Waals surface area (Å²) in [4.78, 5) is 15.0. The number of ether oxygens (including phenoxy) is 2. The summed E-state index contributed by atoms with van der Waals surface area (Å²) in [7, 11) is -2.23. The van der Waals surface area contributed by atoms with Gasteiger partial charge in [0.2, 0.25) is 0 Å². The minimum Gasteiger partial charge on any atom is -0.532 e. The Morgan fingerprint density at radius 3 is 1.85 bits per heavy atom. The minimum absolute atomic E-state index is 0.0219. The molecule has 34 heavy (non-hydrogen) atoms. The molecule has 4 rings (SSSR count). The van der Waals surface area contributed by atoms with Crippen LogP contribution in [0.5, 0.6) is 0 Å². The number of hydrogen-bond acceptors (Lipinski definition) is 4. The van der Waals surface area contributed by atoms with Crippen LogP contribution in [0.15, 0.2) is 72.6 Å². The Morgan fingerprint density at radius 2 is 1.41 bits per heavy atom. The molecule has 0 N–H and O–H groups in total. The molecule has 0 spiro atoms. The molecule has 2 aliphatic heterocycles. The van der Waals surface area contributed by atoms with Crippen LogP contribution in [-0.2, 0) is 19.5 Å². The number of benzene rings is 2. The van der Waals surface area contributed by atoms with Crippen molar-refractivity contribution in [3.05, 3.63) is 83.7 Å². The van der Waals surface area contributed by atoms with Gasteiger partial charge in [-0.2, -0.15) is 0 Å². The van der Waals surface area contributed by atoms with Gasteiger partial charge in [0.15, 0.2) is 12.1 Å². The fourth-order valence-electron chi connectivity index (χ4n) is 4.30. The van der Waals surface area contributed by atoms with Crippen molar-refractivity contribution in [1.82, 2.24) is 4.90 Å². The maximum absolute atomic E-state index is 13.4. The summed E-state index contributed by atoms with van der Waals surface area (Å²) < 4.78 is 19.2. The SMILES string of the molecule is CC(C)(C)OC(=O)N1C(O[Si](C)(C)C(C)(C)C)=CC2C1OC2(c1ccccc1)c1ccccc1. The fourth-order valence-corrected chi connectivity index (χ4v) is 5.30. The predicted octanol–water partition coefficient (Wildman–Crippen LogP) is 7.02. The van der Waals surface area contributed by atoms with Crippen LogP contribution in [-0.4, -0.2) is 31.1 Å². The lowest BCUT2D eigenvalue weighted by molar-refractivity contribution is -0.262. The van der Waals surface area contributed by atoms with E-state index in [4.69, 9.17) is 13.9 Å². The lowest BCUT2D eigenvalue weighted by Crippen LogP contribution is -2.62. The van der Waals surface area contributed by atoms with Crippen molar-refractivity contribution in [2.75, 3.05) is 0 Å². The fraction of sp³-hybridized carbons (Fsp3) is 0.464. The molecule has 2 aliphatic rings. The Labute approximate surface area is 204 Å². The molecule has 1 amide bonds. The first kappa shape index (κ1) is 24.5. The molecule has 182 valence electrons. The molecule has 0 radical (unpaired) electrons. The van der Waals surface area contributed by atoms with Gasteiger partial charge in [-0.25, -0.2) is 9.69 Å². The van der Waals surface area contributed by atoms with Gasteiger partial charge in [0.25, 0.3) is 8.32 Å². The van der Waals surface area contributed by atoms with E-state index in [1.54, 1.807) is 4.90 Å². The zero-order valence-electron chi connectivity index (χ0n) is 21.6. The first-order valence-corrected chi connectivity index (χ1v) is 14.9. The smallest absolute Gasteiger partial charge is 0.419 e. The molecule has 2 atom stereocenters. The van der Waals surface area contributed by atoms with Gasteiger partial charge in [-0.05, 0) is 56.1 Å². The molecular formula is C28H37NO4Si. The molecule has 0 saturated carbocycles. The van der Waals surface area contributed by atoms with Crippen molar-refractivity contribution in [3.63, 3.8) is 0 Å². The molecule has 2 aromatic rings. The van der Waals surface area contributed by atoms with E-state index in [0.29, 0.717) is 5.88 Å². The van der Waals surface area contributed by atoms with Crippen LogP contribution in [0.1, 0.15) is 52.7 Å². The van der Waals surface area contributed by atoms with Gasteiger partial charge in [0.05, 0.1) is 5.92 Å². The summed E-state index contributed by atoms with van der Waals surface area (Å²) in [6, 6.07) is 20.4. The summed E-state index contributed by atoms with van der Waals surface area (Å²) in [5, 5.41) is -0.0219. The van der Waals surface area contributed by atoms with Crippen LogP contribution in [0.3, 0.4) is 0 Å². The highest BCUT2D eigenvalue weighted by Gasteiger charge is 2.64. The second-order valence-corrected chi connectivity index (χ2v) is 16.4. The van der Waals surface area contributed by atoms with E-state index in [0.717, 1.165) is 11.1 Å². The van der Waals surface area contributed by atoms with Crippen molar-refractivity contribution >= 4 is 14.4 Å². The first-order valence-electron chi connectivity index (χ1n) is 12.0. The van der Waals surface area contributed by atoms with Crippen molar-refractivity contribution in [2.45, 2.75) is 77.1 Å². The average Bonchev–Trinajstić information content (AvgIpc) is 3.01. The highest BCUT2D eigenvalue weighted by atomic mass is 28.4. The van der Waals surface area contributed by atoms with Gasteiger partial charge in [-0.3, -0.25) is 0 Å². The number of carbonyl (C=O) groups is 1. The second kappa shape index (κ2) is 8.28. The number of amides is 1. The van der Waals surface area contributed by atoms with E-state index in [2.05, 4.69) is 64.2 Å². The van der Waals surface area contributed by atoms with Gasteiger partial charge in [0, 0.05) is 0 Å². The highest BCUT2D eigenvalue weighted by Crippen LogP contribution is 2.58. The molecule has 0 aromatic heterocycles. The Hall–Kier alpha value is -2.57. The molecule has 2 aromatic carbocycles. The Kier molecular flexibility index (Phi) is 5.97. The van der Waals surface area contributed by atoms with Crippen LogP contribution in [0.25, 0.3) is 0 Å². The van der Waals surface area contributed by atoms with E-state index in [1.807, 2.05) is 57.2 Å². The molecule has 0 bridgehead atoms. The van der Waals surface area contributed by atoms with E-state index in [1.165, 1.54) is 0 Å². The van der Waals surface area contributed by atoms with Gasteiger partial charge in [-0.15, -0.1) is 0 Å². The van der Waals surface area contributed by atoms with Crippen LogP contribution < -0.4 is 0 Å². The first-order chi connectivity index (χ1) is 15.8. The van der Waals surface area contributed by atoms with Gasteiger partial charge < -0.3 is 13.9 Å². The maximum atomic E-state index is 13.4. The van der Waals surface area contributed by atoms with E-state index >= 15 is 0 Å². The number of nitrogens with zero attached hydrogens (tertiary/aromatic N) is 1. The van der Waals surface area contributed by atoms with Gasteiger partial charge in [-0.1, -0.05) is 81.4 Å². The topological polar surface area (TPSA) is 48.0 Å². The van der Waals surface area contributed by atoms with Crippen molar-refractivity contribution in [2.24, 2.45) is 5.92 Å². The third-order valence-corrected chi connectivity index (χ3v) is 11.4. The number of rotatable bonds is 4. The summed E-state index contributed by atoms with van der Waals surface area (Å²) in [6.07, 6.45) is 1.15. The Morgan fingerprint density at radius 1 is 0.912 bits per heavy atom. The Balaban J connectivity index is 1.80. The molecule has 0 aliphatic carbocycles. The molecular weight excluding hydrogens is 442 g/mol. The van der Waals surface area contributed by atoms with Crippen molar-refractivity contribution in [3.8, 4) is 0 Å². The van der Waals surface area contributed by atoms with Crippen molar-refractivity contribution in [1.29, 1.82) is 0 Å². The molecule has 2 unspecified atom stereocenters. The quantitative estimate of drug-likeness (QED) is 0.442. The lowest BCUT2D eigenvalue weighted by Gasteiger charge is -2.53. The van der Waals surface area contributed by atoms with Crippen LogP contribution in [0.4, 0.5) is 4.79 Å². The predicted molar refractivity (Wildman–Crippen MR) is 136 cm³/mol.